The Labute approximate surface area is 150 Å². The molecule has 0 saturated carbocycles. The fraction of sp³-hybridized carbons (Fsp3) is 0.278. The zero-order valence-electron chi connectivity index (χ0n) is 14.8. The van der Waals surface area contributed by atoms with E-state index in [1.807, 2.05) is 31.2 Å². The van der Waals surface area contributed by atoms with E-state index >= 15 is 0 Å². The third kappa shape index (κ3) is 3.70. The molecule has 0 radical (unpaired) electrons. The summed E-state index contributed by atoms with van der Waals surface area (Å²) in [5, 5.41) is 14.7. The van der Waals surface area contributed by atoms with Gasteiger partial charge in [0.15, 0.2) is 0 Å². The first kappa shape index (κ1) is 17.9. The lowest BCUT2D eigenvalue weighted by molar-refractivity contribution is 0.294. The van der Waals surface area contributed by atoms with Crippen LogP contribution in [0.5, 0.6) is 0 Å². The van der Waals surface area contributed by atoms with Crippen LogP contribution in [0.3, 0.4) is 0 Å². The number of aromatic nitrogens is 4. The average Bonchev–Trinajstić information content (AvgIpc) is 3.06. The SMILES string of the molecule is Cc1ccc(-n2nnnc2NCC(c2c(F)cccc2F)N(C)C)cc1. The number of benzene rings is 2. The Balaban J connectivity index is 1.83. The summed E-state index contributed by atoms with van der Waals surface area (Å²) < 4.78 is 29.9. The highest BCUT2D eigenvalue weighted by Gasteiger charge is 2.23. The molecule has 0 aliphatic carbocycles. The Kier molecular flexibility index (Phi) is 5.22. The van der Waals surface area contributed by atoms with Crippen molar-refractivity contribution in [2.75, 3.05) is 26.0 Å². The predicted molar refractivity (Wildman–Crippen MR) is 95.2 cm³/mol. The van der Waals surface area contributed by atoms with Crippen LogP contribution in [-0.4, -0.2) is 45.7 Å². The van der Waals surface area contributed by atoms with E-state index in [0.29, 0.717) is 5.95 Å². The minimum Gasteiger partial charge on any atom is -0.351 e. The third-order valence-corrected chi connectivity index (χ3v) is 4.16. The van der Waals surface area contributed by atoms with E-state index in [1.165, 1.54) is 18.2 Å². The van der Waals surface area contributed by atoms with Crippen molar-refractivity contribution in [2.24, 2.45) is 0 Å². The van der Waals surface area contributed by atoms with Gasteiger partial charge in [-0.1, -0.05) is 28.9 Å². The molecule has 136 valence electrons. The molecule has 3 aromatic rings. The van der Waals surface area contributed by atoms with Crippen molar-refractivity contribution in [2.45, 2.75) is 13.0 Å². The summed E-state index contributed by atoms with van der Waals surface area (Å²) in [6.07, 6.45) is 0. The van der Waals surface area contributed by atoms with Gasteiger partial charge in [-0.2, -0.15) is 4.68 Å². The summed E-state index contributed by atoms with van der Waals surface area (Å²) in [6, 6.07) is 11.0. The Morgan fingerprint density at radius 3 is 2.35 bits per heavy atom. The van der Waals surface area contributed by atoms with Crippen molar-refractivity contribution in [3.8, 4) is 5.69 Å². The lowest BCUT2D eigenvalue weighted by atomic mass is 10.0. The fourth-order valence-electron chi connectivity index (χ4n) is 2.72. The number of hydrogen-bond donors (Lipinski definition) is 1. The molecule has 0 fully saturated rings. The van der Waals surface area contributed by atoms with Crippen molar-refractivity contribution >= 4 is 5.95 Å². The molecule has 0 saturated heterocycles. The normalized spacial score (nSPS) is 12.4. The zero-order chi connectivity index (χ0) is 18.7. The highest BCUT2D eigenvalue weighted by atomic mass is 19.1. The van der Waals surface area contributed by atoms with Gasteiger partial charge in [0.25, 0.3) is 0 Å². The maximum atomic E-state index is 14.2. The number of hydrogen-bond acceptors (Lipinski definition) is 5. The Morgan fingerprint density at radius 2 is 1.73 bits per heavy atom. The summed E-state index contributed by atoms with van der Waals surface area (Å²) in [5.41, 5.74) is 1.93. The molecule has 6 nitrogen and oxygen atoms in total. The first-order chi connectivity index (χ1) is 12.5. The lowest BCUT2D eigenvalue weighted by Crippen LogP contribution is -2.29. The van der Waals surface area contributed by atoms with Gasteiger partial charge >= 0.3 is 0 Å². The van der Waals surface area contributed by atoms with Crippen LogP contribution >= 0.6 is 0 Å². The molecule has 0 spiro atoms. The van der Waals surface area contributed by atoms with E-state index in [9.17, 15) is 8.78 Å². The second-order valence-corrected chi connectivity index (χ2v) is 6.25. The number of tetrazole rings is 1. The molecule has 1 unspecified atom stereocenters. The van der Waals surface area contributed by atoms with Crippen molar-refractivity contribution < 1.29 is 8.78 Å². The molecular weight excluding hydrogens is 338 g/mol. The van der Waals surface area contributed by atoms with Gasteiger partial charge in [0.2, 0.25) is 5.95 Å². The minimum atomic E-state index is -0.580. The quantitative estimate of drug-likeness (QED) is 0.734. The molecule has 8 heteroatoms. The van der Waals surface area contributed by atoms with Gasteiger partial charge in [-0.05, 0) is 55.7 Å². The molecule has 0 amide bonds. The van der Waals surface area contributed by atoms with Crippen LogP contribution in [0, 0.1) is 18.6 Å². The van der Waals surface area contributed by atoms with E-state index in [1.54, 1.807) is 23.7 Å². The van der Waals surface area contributed by atoms with E-state index in [4.69, 9.17) is 0 Å². The lowest BCUT2D eigenvalue weighted by Gasteiger charge is -2.25. The summed E-state index contributed by atoms with van der Waals surface area (Å²) in [5.74, 6) is -0.760. The Bertz CT molecular complexity index is 855. The van der Waals surface area contributed by atoms with Crippen LogP contribution in [0.15, 0.2) is 42.5 Å². The zero-order valence-corrected chi connectivity index (χ0v) is 14.8. The van der Waals surface area contributed by atoms with Gasteiger partial charge in [0.05, 0.1) is 11.7 Å². The second-order valence-electron chi connectivity index (χ2n) is 6.25. The summed E-state index contributed by atoms with van der Waals surface area (Å²) in [6.45, 7) is 2.23. The topological polar surface area (TPSA) is 58.9 Å². The molecule has 26 heavy (non-hydrogen) atoms. The average molecular weight is 358 g/mol. The van der Waals surface area contributed by atoms with Gasteiger partial charge in [0.1, 0.15) is 11.6 Å². The van der Waals surface area contributed by atoms with Crippen LogP contribution in [0.2, 0.25) is 0 Å². The van der Waals surface area contributed by atoms with E-state index in [-0.39, 0.29) is 12.1 Å². The minimum absolute atomic E-state index is 0.0133. The first-order valence-electron chi connectivity index (χ1n) is 8.17. The standard InChI is InChI=1S/C18H20F2N6/c1-12-7-9-13(10-8-12)26-18(22-23-24-26)21-11-16(25(2)3)17-14(19)5-4-6-15(17)20/h4-10,16H,11H2,1-3H3,(H,21,22,24). The monoisotopic (exact) mass is 358 g/mol. The van der Waals surface area contributed by atoms with Crippen LogP contribution in [0.4, 0.5) is 14.7 Å². The van der Waals surface area contributed by atoms with Crippen molar-refractivity contribution in [3.63, 3.8) is 0 Å². The molecule has 2 aromatic carbocycles. The third-order valence-electron chi connectivity index (χ3n) is 4.16. The maximum Gasteiger partial charge on any atom is 0.247 e. The maximum absolute atomic E-state index is 14.2. The van der Waals surface area contributed by atoms with Crippen LogP contribution in [0.1, 0.15) is 17.2 Å². The molecular formula is C18H20F2N6. The summed E-state index contributed by atoms with van der Waals surface area (Å²) >= 11 is 0. The molecule has 0 aliphatic heterocycles. The van der Waals surface area contributed by atoms with Gasteiger partial charge in [-0.25, -0.2) is 8.78 Å². The number of halogens is 2. The van der Waals surface area contributed by atoms with E-state index in [0.717, 1.165) is 11.3 Å². The number of nitrogens with one attached hydrogen (secondary N) is 1. The number of likely N-dealkylation sites (N-methyl/N-ethyl adjacent to an activating group) is 1. The molecule has 1 heterocycles. The largest absolute Gasteiger partial charge is 0.351 e. The van der Waals surface area contributed by atoms with Crippen molar-refractivity contribution in [3.05, 3.63) is 65.2 Å². The first-order valence-corrected chi connectivity index (χ1v) is 8.17. The molecule has 1 N–H and O–H groups in total. The van der Waals surface area contributed by atoms with Crippen molar-refractivity contribution in [1.29, 1.82) is 0 Å². The highest BCUT2D eigenvalue weighted by molar-refractivity contribution is 5.40. The van der Waals surface area contributed by atoms with Gasteiger partial charge in [-0.15, -0.1) is 0 Å². The summed E-state index contributed by atoms with van der Waals surface area (Å²) in [7, 11) is 3.53. The Morgan fingerprint density at radius 1 is 1.08 bits per heavy atom. The highest BCUT2D eigenvalue weighted by Crippen LogP contribution is 2.25. The molecule has 1 atom stereocenters. The molecule has 3 rings (SSSR count). The Hall–Kier alpha value is -2.87. The van der Waals surface area contributed by atoms with Crippen LogP contribution < -0.4 is 5.32 Å². The van der Waals surface area contributed by atoms with Gasteiger partial charge < -0.3 is 10.2 Å². The summed E-state index contributed by atoms with van der Waals surface area (Å²) in [4.78, 5) is 1.74. The second kappa shape index (κ2) is 7.57. The molecule has 0 bridgehead atoms. The van der Waals surface area contributed by atoms with E-state index in [2.05, 4.69) is 20.8 Å². The number of anilines is 1. The van der Waals surface area contributed by atoms with Crippen LogP contribution in [0.25, 0.3) is 5.69 Å². The predicted octanol–water partition coefficient (Wildman–Crippen LogP) is 2.96. The molecule has 1 aromatic heterocycles. The van der Waals surface area contributed by atoms with E-state index < -0.39 is 17.7 Å². The van der Waals surface area contributed by atoms with Gasteiger partial charge in [-0.3, -0.25) is 0 Å². The molecule has 0 aliphatic rings. The smallest absolute Gasteiger partial charge is 0.247 e. The fourth-order valence-corrected chi connectivity index (χ4v) is 2.72. The van der Waals surface area contributed by atoms with Crippen molar-refractivity contribution in [1.82, 2.24) is 25.1 Å². The number of nitrogens with zero attached hydrogens (tertiary/aromatic N) is 5. The van der Waals surface area contributed by atoms with Crippen LogP contribution in [-0.2, 0) is 0 Å². The number of rotatable bonds is 6. The van der Waals surface area contributed by atoms with Gasteiger partial charge in [0, 0.05) is 12.1 Å². The number of aryl methyl sites for hydroxylation is 1.